The van der Waals surface area contributed by atoms with Crippen molar-refractivity contribution in [1.29, 1.82) is 0 Å². The molecule has 0 bridgehead atoms. The highest BCUT2D eigenvalue weighted by molar-refractivity contribution is 7.80. The van der Waals surface area contributed by atoms with Crippen LogP contribution < -0.4 is 16.0 Å². The molecule has 0 fully saturated rings. The fourth-order valence-electron chi connectivity index (χ4n) is 2.48. The second kappa shape index (κ2) is 8.49. The van der Waals surface area contributed by atoms with Crippen LogP contribution in [0.2, 0.25) is 5.02 Å². The van der Waals surface area contributed by atoms with Crippen molar-refractivity contribution in [3.8, 4) is 0 Å². The van der Waals surface area contributed by atoms with Crippen LogP contribution in [0.4, 0.5) is 11.4 Å². The Bertz CT molecular complexity index is 1100. The van der Waals surface area contributed by atoms with Crippen molar-refractivity contribution in [2.75, 3.05) is 10.6 Å². The first-order chi connectivity index (χ1) is 13.6. The lowest BCUT2D eigenvalue weighted by Crippen LogP contribution is -2.33. The van der Waals surface area contributed by atoms with Crippen molar-refractivity contribution in [2.24, 2.45) is 5.41 Å². The number of thiocarbonyl (C=S) groups is 1. The zero-order valence-electron chi connectivity index (χ0n) is 16.1. The molecule has 1 heterocycles. The molecule has 2 amide bonds. The zero-order valence-corrected chi connectivity index (χ0v) is 18.5. The lowest BCUT2D eigenvalue weighted by Gasteiger charge is -2.18. The maximum absolute atomic E-state index is 12.6. The zero-order chi connectivity index (χ0) is 21.2. The van der Waals surface area contributed by atoms with Gasteiger partial charge in [-0.15, -0.1) is 11.3 Å². The number of carbonyl (C=O) groups excluding carboxylic acids is 2. The fraction of sp³-hybridized carbons (Fsp3) is 0.190. The van der Waals surface area contributed by atoms with Gasteiger partial charge in [0.15, 0.2) is 5.11 Å². The predicted molar refractivity (Wildman–Crippen MR) is 125 cm³/mol. The summed E-state index contributed by atoms with van der Waals surface area (Å²) in [5.74, 6) is -0.462. The third-order valence-corrected chi connectivity index (χ3v) is 5.91. The summed E-state index contributed by atoms with van der Waals surface area (Å²) >= 11 is 12.9. The fourth-order valence-corrected chi connectivity index (χ4v) is 4.10. The van der Waals surface area contributed by atoms with Crippen molar-refractivity contribution in [3.05, 3.63) is 58.4 Å². The molecule has 2 aromatic carbocycles. The van der Waals surface area contributed by atoms with Crippen LogP contribution in [0.1, 0.15) is 30.4 Å². The van der Waals surface area contributed by atoms with Crippen LogP contribution in [0, 0.1) is 5.41 Å². The standard InChI is InChI=1S/C21H20ClN3O2S2/c1-21(2,3)19(27)23-12-7-6-8-13(11-12)24-20(28)25-18(26)17-16(22)14-9-4-5-10-15(14)29-17/h4-11H,1-3H3,(H,23,27)(H2,24,25,26,28). The molecule has 5 nitrogen and oxygen atoms in total. The predicted octanol–water partition coefficient (Wildman–Crippen LogP) is 5.67. The number of halogens is 1. The highest BCUT2D eigenvalue weighted by atomic mass is 35.5. The van der Waals surface area contributed by atoms with Gasteiger partial charge in [-0.05, 0) is 36.5 Å². The van der Waals surface area contributed by atoms with E-state index in [4.69, 9.17) is 23.8 Å². The number of amides is 2. The molecule has 1 aromatic heterocycles. The summed E-state index contributed by atoms with van der Waals surface area (Å²) in [6.45, 7) is 5.52. The highest BCUT2D eigenvalue weighted by Gasteiger charge is 2.21. The van der Waals surface area contributed by atoms with Gasteiger partial charge in [-0.25, -0.2) is 0 Å². The van der Waals surface area contributed by atoms with Crippen LogP contribution in [0.25, 0.3) is 10.1 Å². The molecule has 3 aromatic rings. The summed E-state index contributed by atoms with van der Waals surface area (Å²) in [7, 11) is 0. The van der Waals surface area contributed by atoms with Crippen LogP contribution in [0.5, 0.6) is 0 Å². The van der Waals surface area contributed by atoms with Crippen molar-refractivity contribution in [1.82, 2.24) is 5.32 Å². The molecular formula is C21H20ClN3O2S2. The van der Waals surface area contributed by atoms with Gasteiger partial charge >= 0.3 is 0 Å². The number of thiophene rings is 1. The van der Waals surface area contributed by atoms with Crippen molar-refractivity contribution in [2.45, 2.75) is 20.8 Å². The van der Waals surface area contributed by atoms with Gasteiger partial charge in [0.2, 0.25) is 5.91 Å². The van der Waals surface area contributed by atoms with Crippen molar-refractivity contribution < 1.29 is 9.59 Å². The van der Waals surface area contributed by atoms with E-state index in [1.54, 1.807) is 24.3 Å². The smallest absolute Gasteiger partial charge is 0.269 e. The second-order valence-electron chi connectivity index (χ2n) is 7.43. The van der Waals surface area contributed by atoms with Gasteiger partial charge in [0, 0.05) is 26.9 Å². The molecule has 150 valence electrons. The number of rotatable bonds is 3. The Labute approximate surface area is 183 Å². The maximum atomic E-state index is 12.6. The largest absolute Gasteiger partial charge is 0.332 e. The first-order valence-corrected chi connectivity index (χ1v) is 10.5. The molecule has 3 N–H and O–H groups in total. The summed E-state index contributed by atoms with van der Waals surface area (Å²) in [5, 5.41) is 9.86. The molecule has 3 rings (SSSR count). The molecule has 0 radical (unpaired) electrons. The van der Waals surface area contributed by atoms with Crippen LogP contribution in [0.3, 0.4) is 0 Å². The summed E-state index contributed by atoms with van der Waals surface area (Å²) in [5.41, 5.74) is 0.775. The molecule has 0 aliphatic rings. The Morgan fingerprint density at radius 3 is 2.31 bits per heavy atom. The number of anilines is 2. The molecule has 29 heavy (non-hydrogen) atoms. The molecule has 0 aliphatic heterocycles. The third-order valence-electron chi connectivity index (χ3n) is 4.03. The Hall–Kier alpha value is -2.48. The molecule has 8 heteroatoms. The number of benzene rings is 2. The highest BCUT2D eigenvalue weighted by Crippen LogP contribution is 2.35. The van der Waals surface area contributed by atoms with Crippen LogP contribution in [-0.2, 0) is 4.79 Å². The maximum Gasteiger partial charge on any atom is 0.269 e. The van der Waals surface area contributed by atoms with Gasteiger partial charge in [0.25, 0.3) is 5.91 Å². The molecule has 0 spiro atoms. The van der Waals surface area contributed by atoms with E-state index in [2.05, 4.69) is 16.0 Å². The summed E-state index contributed by atoms with van der Waals surface area (Å²) in [6, 6.07) is 14.7. The number of carbonyl (C=O) groups is 2. The summed E-state index contributed by atoms with van der Waals surface area (Å²) in [4.78, 5) is 25.1. The number of fused-ring (bicyclic) bond motifs is 1. The SMILES string of the molecule is CC(C)(C)C(=O)Nc1cccc(NC(=S)NC(=O)c2sc3ccccc3c2Cl)c1. The third kappa shape index (κ3) is 5.12. The first-order valence-electron chi connectivity index (χ1n) is 8.86. The average Bonchev–Trinajstić information content (AvgIpc) is 2.98. The number of hydrogen-bond acceptors (Lipinski definition) is 4. The van der Waals surface area contributed by atoms with Crippen molar-refractivity contribution >= 4 is 73.5 Å². The van der Waals surface area contributed by atoms with E-state index in [1.807, 2.05) is 45.0 Å². The monoisotopic (exact) mass is 445 g/mol. The number of hydrogen-bond donors (Lipinski definition) is 3. The van der Waals surface area contributed by atoms with Gasteiger partial charge in [-0.3, -0.25) is 14.9 Å². The van der Waals surface area contributed by atoms with Gasteiger partial charge in [-0.2, -0.15) is 0 Å². The van der Waals surface area contributed by atoms with Crippen LogP contribution >= 0.6 is 35.2 Å². The molecule has 0 unspecified atom stereocenters. The molecule has 0 saturated carbocycles. The van der Waals surface area contributed by atoms with Gasteiger partial charge < -0.3 is 10.6 Å². The van der Waals surface area contributed by atoms with E-state index in [0.29, 0.717) is 21.3 Å². The molecular weight excluding hydrogens is 426 g/mol. The van der Waals surface area contributed by atoms with Gasteiger partial charge in [0.1, 0.15) is 4.88 Å². The first kappa shape index (κ1) is 21.2. The van der Waals surface area contributed by atoms with E-state index in [-0.39, 0.29) is 16.9 Å². The normalized spacial score (nSPS) is 11.2. The minimum absolute atomic E-state index is 0.0927. The van der Waals surface area contributed by atoms with E-state index >= 15 is 0 Å². The van der Waals surface area contributed by atoms with E-state index < -0.39 is 5.41 Å². The Balaban J connectivity index is 1.67. The Kier molecular flexibility index (Phi) is 6.21. The number of nitrogens with one attached hydrogen (secondary N) is 3. The topological polar surface area (TPSA) is 70.2 Å². The van der Waals surface area contributed by atoms with E-state index in [1.165, 1.54) is 11.3 Å². The Morgan fingerprint density at radius 1 is 1.00 bits per heavy atom. The second-order valence-corrected chi connectivity index (χ2v) is 9.27. The summed E-state index contributed by atoms with van der Waals surface area (Å²) in [6.07, 6.45) is 0. The Morgan fingerprint density at radius 2 is 1.66 bits per heavy atom. The lowest BCUT2D eigenvalue weighted by molar-refractivity contribution is -0.123. The minimum atomic E-state index is -0.504. The van der Waals surface area contributed by atoms with Gasteiger partial charge in [-0.1, -0.05) is 56.6 Å². The minimum Gasteiger partial charge on any atom is -0.332 e. The van der Waals surface area contributed by atoms with Crippen LogP contribution in [0.15, 0.2) is 48.5 Å². The van der Waals surface area contributed by atoms with Gasteiger partial charge in [0.05, 0.1) is 5.02 Å². The molecule has 0 atom stereocenters. The lowest BCUT2D eigenvalue weighted by atomic mass is 9.95. The van der Waals surface area contributed by atoms with Crippen molar-refractivity contribution in [3.63, 3.8) is 0 Å². The average molecular weight is 446 g/mol. The van der Waals surface area contributed by atoms with E-state index in [9.17, 15) is 9.59 Å². The molecule has 0 aliphatic carbocycles. The van der Waals surface area contributed by atoms with E-state index in [0.717, 1.165) is 10.1 Å². The van der Waals surface area contributed by atoms with Crippen LogP contribution in [-0.4, -0.2) is 16.9 Å². The summed E-state index contributed by atoms with van der Waals surface area (Å²) < 4.78 is 0.934. The quantitative estimate of drug-likeness (QED) is 0.454. The molecule has 0 saturated heterocycles.